The SMILES string of the molecule is O=C1CCC(n2ccn3c4ccccc4nc23)C(=O)N1. The molecule has 0 bridgehead atoms. The van der Waals surface area contributed by atoms with Gasteiger partial charge in [0, 0.05) is 18.8 Å². The van der Waals surface area contributed by atoms with Crippen molar-refractivity contribution in [1.82, 2.24) is 19.3 Å². The van der Waals surface area contributed by atoms with Crippen LogP contribution in [-0.4, -0.2) is 25.8 Å². The lowest BCUT2D eigenvalue weighted by atomic mass is 10.1. The molecule has 1 aliphatic heterocycles. The highest BCUT2D eigenvalue weighted by atomic mass is 16.2. The summed E-state index contributed by atoms with van der Waals surface area (Å²) in [6.45, 7) is 0. The van der Waals surface area contributed by atoms with Gasteiger partial charge in [-0.05, 0) is 18.6 Å². The van der Waals surface area contributed by atoms with E-state index in [0.717, 1.165) is 16.8 Å². The van der Waals surface area contributed by atoms with Crippen LogP contribution in [0.15, 0.2) is 36.7 Å². The Bertz CT molecular complexity index is 845. The zero-order chi connectivity index (χ0) is 13.7. The number of carbonyl (C=O) groups is 2. The number of hydrogen-bond acceptors (Lipinski definition) is 3. The number of para-hydroxylation sites is 2. The third-order valence-electron chi connectivity index (χ3n) is 3.73. The molecule has 1 aliphatic rings. The summed E-state index contributed by atoms with van der Waals surface area (Å²) >= 11 is 0. The van der Waals surface area contributed by atoms with Crippen molar-refractivity contribution in [3.8, 4) is 0 Å². The van der Waals surface area contributed by atoms with Crippen molar-refractivity contribution in [1.29, 1.82) is 0 Å². The predicted octanol–water partition coefficient (Wildman–Crippen LogP) is 1.27. The number of carbonyl (C=O) groups excluding carboxylic acids is 2. The Morgan fingerprint density at radius 2 is 2.05 bits per heavy atom. The zero-order valence-corrected chi connectivity index (χ0v) is 10.6. The van der Waals surface area contributed by atoms with Crippen LogP contribution in [0.2, 0.25) is 0 Å². The molecule has 1 fully saturated rings. The molecule has 20 heavy (non-hydrogen) atoms. The Hall–Kier alpha value is -2.63. The van der Waals surface area contributed by atoms with Crippen LogP contribution in [-0.2, 0) is 9.59 Å². The van der Waals surface area contributed by atoms with Crippen LogP contribution in [0.5, 0.6) is 0 Å². The Morgan fingerprint density at radius 3 is 2.90 bits per heavy atom. The number of nitrogens with one attached hydrogen (secondary N) is 1. The first-order chi connectivity index (χ1) is 9.74. The average Bonchev–Trinajstić information content (AvgIpc) is 2.98. The van der Waals surface area contributed by atoms with Crippen molar-refractivity contribution in [2.45, 2.75) is 18.9 Å². The maximum absolute atomic E-state index is 12.0. The van der Waals surface area contributed by atoms with Gasteiger partial charge >= 0.3 is 0 Å². The standard InChI is InChI=1S/C14H12N4O2/c19-12-6-5-11(13(20)16-12)18-8-7-17-10-4-2-1-3-9(10)15-14(17)18/h1-4,7-8,11H,5-6H2,(H,16,19,20). The molecule has 0 radical (unpaired) electrons. The van der Waals surface area contributed by atoms with Crippen molar-refractivity contribution in [3.63, 3.8) is 0 Å². The van der Waals surface area contributed by atoms with Crippen LogP contribution >= 0.6 is 0 Å². The van der Waals surface area contributed by atoms with E-state index >= 15 is 0 Å². The van der Waals surface area contributed by atoms with E-state index in [4.69, 9.17) is 0 Å². The number of piperidine rings is 1. The summed E-state index contributed by atoms with van der Waals surface area (Å²) in [5.41, 5.74) is 1.90. The van der Waals surface area contributed by atoms with E-state index in [1.165, 1.54) is 0 Å². The quantitative estimate of drug-likeness (QED) is 0.676. The molecule has 2 aromatic heterocycles. The van der Waals surface area contributed by atoms with Crippen molar-refractivity contribution < 1.29 is 9.59 Å². The normalized spacial score (nSPS) is 19.7. The molecule has 4 rings (SSSR count). The molecule has 3 aromatic rings. The number of amides is 2. The van der Waals surface area contributed by atoms with E-state index in [-0.39, 0.29) is 17.9 Å². The second-order valence-corrected chi connectivity index (χ2v) is 4.94. The molecule has 0 aliphatic carbocycles. The van der Waals surface area contributed by atoms with Crippen molar-refractivity contribution in [2.75, 3.05) is 0 Å². The van der Waals surface area contributed by atoms with Gasteiger partial charge in [-0.3, -0.25) is 19.3 Å². The third-order valence-corrected chi connectivity index (χ3v) is 3.73. The minimum absolute atomic E-state index is 0.206. The molecule has 1 saturated heterocycles. The Morgan fingerprint density at radius 1 is 1.20 bits per heavy atom. The number of imide groups is 1. The number of hydrogen-bond donors (Lipinski definition) is 1. The maximum atomic E-state index is 12.0. The Balaban J connectivity index is 1.88. The Labute approximate surface area is 114 Å². The summed E-state index contributed by atoms with van der Waals surface area (Å²) in [6, 6.07) is 7.45. The van der Waals surface area contributed by atoms with Crippen LogP contribution in [0.1, 0.15) is 18.9 Å². The minimum atomic E-state index is -0.373. The third kappa shape index (κ3) is 1.48. The summed E-state index contributed by atoms with van der Waals surface area (Å²) in [5, 5.41) is 2.38. The molecule has 1 N–H and O–H groups in total. The first-order valence-corrected chi connectivity index (χ1v) is 6.51. The molecule has 0 saturated carbocycles. The van der Waals surface area contributed by atoms with Crippen molar-refractivity contribution in [2.24, 2.45) is 0 Å². The van der Waals surface area contributed by atoms with E-state index in [2.05, 4.69) is 10.3 Å². The lowest BCUT2D eigenvalue weighted by Gasteiger charge is -2.21. The second-order valence-electron chi connectivity index (χ2n) is 4.94. The van der Waals surface area contributed by atoms with Crippen LogP contribution in [0, 0.1) is 0 Å². The van der Waals surface area contributed by atoms with Gasteiger partial charge in [0.05, 0.1) is 11.0 Å². The molecule has 1 atom stereocenters. The molecule has 6 nitrogen and oxygen atoms in total. The fourth-order valence-corrected chi connectivity index (χ4v) is 2.76. The minimum Gasteiger partial charge on any atom is -0.304 e. The van der Waals surface area contributed by atoms with Crippen molar-refractivity contribution in [3.05, 3.63) is 36.7 Å². The van der Waals surface area contributed by atoms with Gasteiger partial charge in [0.15, 0.2) is 0 Å². The summed E-state index contributed by atoms with van der Waals surface area (Å²) in [6.07, 6.45) is 4.61. The van der Waals surface area contributed by atoms with E-state index in [1.54, 1.807) is 0 Å². The average molecular weight is 268 g/mol. The van der Waals surface area contributed by atoms with Gasteiger partial charge in [0.2, 0.25) is 17.6 Å². The molecule has 1 unspecified atom stereocenters. The molecular weight excluding hydrogens is 256 g/mol. The summed E-state index contributed by atoms with van der Waals surface area (Å²) in [7, 11) is 0. The monoisotopic (exact) mass is 268 g/mol. The lowest BCUT2D eigenvalue weighted by Crippen LogP contribution is -2.41. The van der Waals surface area contributed by atoms with Crippen LogP contribution in [0.4, 0.5) is 0 Å². The first kappa shape index (κ1) is 11.2. The van der Waals surface area contributed by atoms with Crippen LogP contribution < -0.4 is 5.32 Å². The number of aromatic nitrogens is 3. The summed E-state index contributed by atoms with van der Waals surface area (Å²) in [4.78, 5) is 27.8. The molecular formula is C14H12N4O2. The molecule has 1 aromatic carbocycles. The molecule has 3 heterocycles. The van der Waals surface area contributed by atoms with Gasteiger partial charge in [0.1, 0.15) is 6.04 Å². The molecule has 2 amide bonds. The number of benzene rings is 1. The van der Waals surface area contributed by atoms with E-state index in [1.807, 2.05) is 45.6 Å². The number of rotatable bonds is 1. The Kier molecular flexibility index (Phi) is 2.20. The number of nitrogens with zero attached hydrogens (tertiary/aromatic N) is 3. The van der Waals surface area contributed by atoms with Gasteiger partial charge in [-0.2, -0.15) is 0 Å². The first-order valence-electron chi connectivity index (χ1n) is 6.51. The molecule has 100 valence electrons. The lowest BCUT2D eigenvalue weighted by molar-refractivity contribution is -0.135. The highest BCUT2D eigenvalue weighted by Crippen LogP contribution is 2.24. The molecule has 0 spiro atoms. The fraction of sp³-hybridized carbons (Fsp3) is 0.214. The fourth-order valence-electron chi connectivity index (χ4n) is 2.76. The van der Waals surface area contributed by atoms with Gasteiger partial charge in [0.25, 0.3) is 0 Å². The largest absolute Gasteiger partial charge is 0.304 e. The highest BCUT2D eigenvalue weighted by Gasteiger charge is 2.29. The van der Waals surface area contributed by atoms with Crippen molar-refractivity contribution >= 4 is 28.6 Å². The van der Waals surface area contributed by atoms with Gasteiger partial charge in [-0.1, -0.05) is 12.1 Å². The van der Waals surface area contributed by atoms with Crippen LogP contribution in [0.25, 0.3) is 16.8 Å². The van der Waals surface area contributed by atoms with Crippen LogP contribution in [0.3, 0.4) is 0 Å². The topological polar surface area (TPSA) is 68.4 Å². The van der Waals surface area contributed by atoms with Gasteiger partial charge in [-0.15, -0.1) is 0 Å². The zero-order valence-electron chi connectivity index (χ0n) is 10.6. The smallest absolute Gasteiger partial charge is 0.249 e. The van der Waals surface area contributed by atoms with E-state index < -0.39 is 0 Å². The number of imidazole rings is 2. The van der Waals surface area contributed by atoms with E-state index in [9.17, 15) is 9.59 Å². The maximum Gasteiger partial charge on any atom is 0.249 e. The van der Waals surface area contributed by atoms with Gasteiger partial charge in [-0.25, -0.2) is 4.98 Å². The number of fused-ring (bicyclic) bond motifs is 3. The summed E-state index contributed by atoms with van der Waals surface area (Å²) in [5.74, 6) is 0.259. The second kappa shape index (κ2) is 3.93. The van der Waals surface area contributed by atoms with E-state index in [0.29, 0.717) is 12.8 Å². The highest BCUT2D eigenvalue weighted by molar-refractivity contribution is 5.99. The molecule has 6 heteroatoms. The summed E-state index contributed by atoms with van der Waals surface area (Å²) < 4.78 is 3.79. The van der Waals surface area contributed by atoms with Gasteiger partial charge < -0.3 is 4.57 Å². The predicted molar refractivity (Wildman–Crippen MR) is 72.1 cm³/mol.